The molecule has 1 amide bonds. The minimum Gasteiger partial charge on any atom is -0.496 e. The Kier molecular flexibility index (Phi) is 6.49. The van der Waals surface area contributed by atoms with Gasteiger partial charge in [-0.1, -0.05) is 24.6 Å². The summed E-state index contributed by atoms with van der Waals surface area (Å²) in [6.45, 7) is 4.21. The molecule has 29 heavy (non-hydrogen) atoms. The molecule has 1 atom stereocenters. The Morgan fingerprint density at radius 1 is 1.17 bits per heavy atom. The Morgan fingerprint density at radius 2 is 2.00 bits per heavy atom. The first-order chi connectivity index (χ1) is 14.2. The Labute approximate surface area is 172 Å². The molecule has 4 rings (SSSR count). The highest BCUT2D eigenvalue weighted by molar-refractivity contribution is 5.78. The number of carbonyl (C=O) groups is 1. The number of methoxy groups -OCH3 is 1. The molecular formula is C23H31N3O3. The van der Waals surface area contributed by atoms with Crippen LogP contribution in [0.25, 0.3) is 0 Å². The van der Waals surface area contributed by atoms with Gasteiger partial charge < -0.3 is 14.1 Å². The molecule has 0 saturated carbocycles. The number of ether oxygens (including phenoxy) is 1. The van der Waals surface area contributed by atoms with Crippen molar-refractivity contribution in [3.63, 3.8) is 0 Å². The van der Waals surface area contributed by atoms with Crippen molar-refractivity contribution in [3.05, 3.63) is 47.7 Å². The first-order valence-corrected chi connectivity index (χ1v) is 10.8. The van der Waals surface area contributed by atoms with Crippen molar-refractivity contribution in [2.45, 2.75) is 44.4 Å². The van der Waals surface area contributed by atoms with E-state index in [1.807, 2.05) is 35.4 Å². The highest BCUT2D eigenvalue weighted by atomic mass is 16.5. The summed E-state index contributed by atoms with van der Waals surface area (Å²) >= 11 is 0. The first kappa shape index (κ1) is 20.0. The molecule has 1 aromatic heterocycles. The van der Waals surface area contributed by atoms with Gasteiger partial charge in [0.1, 0.15) is 11.5 Å². The minimum absolute atomic E-state index is 0.181. The summed E-state index contributed by atoms with van der Waals surface area (Å²) in [4.78, 5) is 21.6. The highest BCUT2D eigenvalue weighted by Crippen LogP contribution is 2.28. The van der Waals surface area contributed by atoms with Gasteiger partial charge in [-0.05, 0) is 44.8 Å². The molecule has 0 N–H and O–H groups in total. The molecule has 3 heterocycles. The Hall–Kier alpha value is -2.34. The molecule has 156 valence electrons. The fraction of sp³-hybridized carbons (Fsp3) is 0.565. The van der Waals surface area contributed by atoms with Gasteiger partial charge >= 0.3 is 0 Å². The van der Waals surface area contributed by atoms with Gasteiger partial charge in [0.15, 0.2) is 5.89 Å². The number of nitrogens with zero attached hydrogens (tertiary/aromatic N) is 3. The molecule has 2 aliphatic heterocycles. The number of hydrogen-bond acceptors (Lipinski definition) is 5. The van der Waals surface area contributed by atoms with Crippen LogP contribution >= 0.6 is 0 Å². The lowest BCUT2D eigenvalue weighted by atomic mass is 9.98. The van der Waals surface area contributed by atoms with Gasteiger partial charge in [-0.25, -0.2) is 4.98 Å². The molecule has 6 heteroatoms. The predicted molar refractivity (Wildman–Crippen MR) is 111 cm³/mol. The lowest BCUT2D eigenvalue weighted by Gasteiger charge is -2.34. The average molecular weight is 398 g/mol. The highest BCUT2D eigenvalue weighted by Gasteiger charge is 2.29. The van der Waals surface area contributed by atoms with Crippen LogP contribution in [0.3, 0.4) is 0 Å². The van der Waals surface area contributed by atoms with Crippen LogP contribution in [-0.4, -0.2) is 60.5 Å². The van der Waals surface area contributed by atoms with Gasteiger partial charge in [0, 0.05) is 25.1 Å². The monoisotopic (exact) mass is 397 g/mol. The number of rotatable bonds is 6. The van der Waals surface area contributed by atoms with Crippen molar-refractivity contribution in [2.24, 2.45) is 0 Å². The predicted octanol–water partition coefficient (Wildman–Crippen LogP) is 3.47. The van der Waals surface area contributed by atoms with E-state index in [1.165, 1.54) is 19.3 Å². The number of carbonyl (C=O) groups excluding carboxylic acids is 1. The third-order valence-corrected chi connectivity index (χ3v) is 6.06. The van der Waals surface area contributed by atoms with Crippen molar-refractivity contribution in [2.75, 3.05) is 39.8 Å². The molecule has 2 aromatic rings. The summed E-state index contributed by atoms with van der Waals surface area (Å²) in [6, 6.07) is 7.97. The fourth-order valence-electron chi connectivity index (χ4n) is 4.44. The van der Waals surface area contributed by atoms with Gasteiger partial charge in [0.25, 0.3) is 0 Å². The normalized spacial score (nSPS) is 20.6. The van der Waals surface area contributed by atoms with E-state index >= 15 is 0 Å². The molecule has 0 spiro atoms. The van der Waals surface area contributed by atoms with Gasteiger partial charge in [0.2, 0.25) is 5.91 Å². The lowest BCUT2D eigenvalue weighted by Crippen LogP contribution is -2.45. The number of benzene rings is 1. The number of para-hydroxylation sites is 1. The summed E-state index contributed by atoms with van der Waals surface area (Å²) in [5.74, 6) is 2.88. The molecule has 6 nitrogen and oxygen atoms in total. The van der Waals surface area contributed by atoms with E-state index in [1.54, 1.807) is 7.11 Å². The molecule has 0 bridgehead atoms. The van der Waals surface area contributed by atoms with Crippen molar-refractivity contribution >= 4 is 5.91 Å². The maximum Gasteiger partial charge on any atom is 0.236 e. The third kappa shape index (κ3) is 4.99. The van der Waals surface area contributed by atoms with Crippen molar-refractivity contribution < 1.29 is 13.9 Å². The van der Waals surface area contributed by atoms with Crippen LogP contribution in [0.2, 0.25) is 0 Å². The van der Waals surface area contributed by atoms with Gasteiger partial charge in [-0.2, -0.15) is 0 Å². The average Bonchev–Trinajstić information content (AvgIpc) is 3.23. The number of aromatic nitrogens is 1. The van der Waals surface area contributed by atoms with Crippen LogP contribution in [0, 0.1) is 0 Å². The van der Waals surface area contributed by atoms with Crippen LogP contribution < -0.4 is 4.74 Å². The largest absolute Gasteiger partial charge is 0.496 e. The molecule has 0 unspecified atom stereocenters. The second kappa shape index (κ2) is 9.44. The zero-order valence-corrected chi connectivity index (χ0v) is 17.3. The van der Waals surface area contributed by atoms with Gasteiger partial charge in [-0.15, -0.1) is 0 Å². The second-order valence-electron chi connectivity index (χ2n) is 8.17. The van der Waals surface area contributed by atoms with E-state index in [0.29, 0.717) is 19.5 Å². The topological polar surface area (TPSA) is 58.8 Å². The van der Waals surface area contributed by atoms with E-state index in [2.05, 4.69) is 9.88 Å². The number of oxazole rings is 1. The number of hydrogen-bond donors (Lipinski definition) is 0. The maximum atomic E-state index is 12.8. The molecule has 2 fully saturated rings. The van der Waals surface area contributed by atoms with Crippen LogP contribution in [0.5, 0.6) is 5.75 Å². The van der Waals surface area contributed by atoms with E-state index in [-0.39, 0.29) is 11.8 Å². The van der Waals surface area contributed by atoms with Gasteiger partial charge in [-0.3, -0.25) is 9.69 Å². The third-order valence-electron chi connectivity index (χ3n) is 6.06. The van der Waals surface area contributed by atoms with E-state index in [9.17, 15) is 4.79 Å². The van der Waals surface area contributed by atoms with Crippen molar-refractivity contribution in [3.8, 4) is 5.75 Å². The second-order valence-corrected chi connectivity index (χ2v) is 8.17. The molecular weight excluding hydrogens is 366 g/mol. The number of likely N-dealkylation sites (tertiary alicyclic amines) is 2. The van der Waals surface area contributed by atoms with Crippen LogP contribution in [-0.2, 0) is 11.2 Å². The summed E-state index contributed by atoms with van der Waals surface area (Å²) in [5.41, 5.74) is 1.08. The molecule has 0 radical (unpaired) electrons. The number of piperidine rings is 2. The first-order valence-electron chi connectivity index (χ1n) is 10.8. The Morgan fingerprint density at radius 3 is 2.83 bits per heavy atom. The summed E-state index contributed by atoms with van der Waals surface area (Å²) in [6.07, 6.45) is 8.20. The fourth-order valence-corrected chi connectivity index (χ4v) is 4.44. The molecule has 1 aromatic carbocycles. The van der Waals surface area contributed by atoms with E-state index < -0.39 is 0 Å². The number of amides is 1. The van der Waals surface area contributed by atoms with Gasteiger partial charge in [0.05, 0.1) is 25.8 Å². The zero-order chi connectivity index (χ0) is 20.1. The SMILES string of the molecule is COc1ccccc1Cc1cnc([C@@H]2CCCN(C(=O)CN3CCCCC3)C2)o1. The van der Waals surface area contributed by atoms with Crippen LogP contribution in [0.4, 0.5) is 0 Å². The molecule has 2 saturated heterocycles. The van der Waals surface area contributed by atoms with E-state index in [4.69, 9.17) is 9.15 Å². The van der Waals surface area contributed by atoms with Crippen molar-refractivity contribution in [1.29, 1.82) is 0 Å². The summed E-state index contributed by atoms with van der Waals surface area (Å²) in [5, 5.41) is 0. The Bertz CT molecular complexity index is 813. The van der Waals surface area contributed by atoms with E-state index in [0.717, 1.165) is 55.4 Å². The Balaban J connectivity index is 1.36. The quantitative estimate of drug-likeness (QED) is 0.747. The molecule has 0 aliphatic carbocycles. The molecule has 2 aliphatic rings. The smallest absolute Gasteiger partial charge is 0.236 e. The summed E-state index contributed by atoms with van der Waals surface area (Å²) in [7, 11) is 1.68. The van der Waals surface area contributed by atoms with Crippen LogP contribution in [0.15, 0.2) is 34.9 Å². The van der Waals surface area contributed by atoms with Crippen LogP contribution in [0.1, 0.15) is 55.2 Å². The summed E-state index contributed by atoms with van der Waals surface area (Å²) < 4.78 is 11.5. The standard InChI is InChI=1S/C23H31N3O3/c1-28-21-10-4-3-8-18(21)14-20-15-24-23(29-20)19-9-7-13-26(16-19)22(27)17-25-11-5-2-6-12-25/h3-4,8,10,15,19H,2,5-7,9,11-14,16-17H2,1H3/t19-/m1/s1. The zero-order valence-electron chi connectivity index (χ0n) is 17.3. The lowest BCUT2D eigenvalue weighted by molar-refractivity contribution is -0.134. The van der Waals surface area contributed by atoms with Crippen molar-refractivity contribution in [1.82, 2.24) is 14.8 Å². The minimum atomic E-state index is 0.181. The maximum absolute atomic E-state index is 12.8.